The fourth-order valence-electron chi connectivity index (χ4n) is 0.0304. The fourth-order valence-corrected chi connectivity index (χ4v) is 0.822. The van der Waals surface area contributed by atoms with Crippen LogP contribution in [-0.4, -0.2) is 0 Å². The normalized spacial score (nSPS) is 24.0. The SMILES string of the molecule is [N-]1SSS1. The average Bonchev–Trinajstić information content (AvgIpc) is 0.722. The summed E-state index contributed by atoms with van der Waals surface area (Å²) in [7, 11) is 4.79. The molecule has 1 aliphatic heterocycles. The van der Waals surface area contributed by atoms with E-state index < -0.39 is 0 Å². The minimum atomic E-state index is 1.54. The number of hydrogen-bond acceptors (Lipinski definition) is 3. The van der Waals surface area contributed by atoms with Gasteiger partial charge in [-0.05, 0) is 0 Å². The van der Waals surface area contributed by atoms with Gasteiger partial charge in [-0.15, -0.1) is 0 Å². The molecule has 1 saturated heterocycles. The molecule has 0 aliphatic carbocycles. The van der Waals surface area contributed by atoms with E-state index in [9.17, 15) is 0 Å². The monoisotopic (exact) mass is 110 g/mol. The van der Waals surface area contributed by atoms with Crippen LogP contribution in [0.25, 0.3) is 4.13 Å². The van der Waals surface area contributed by atoms with Gasteiger partial charge < -0.3 is 4.13 Å². The van der Waals surface area contributed by atoms with Gasteiger partial charge in [-0.2, -0.15) is 0 Å². The van der Waals surface area contributed by atoms with Crippen LogP contribution in [0.2, 0.25) is 0 Å². The summed E-state index contributed by atoms with van der Waals surface area (Å²) in [5, 5.41) is 0. The lowest BCUT2D eigenvalue weighted by Gasteiger charge is -2.26. The summed E-state index contributed by atoms with van der Waals surface area (Å²) in [5.41, 5.74) is 0. The molecular weight excluding hydrogens is 110 g/mol. The molecule has 0 radical (unpaired) electrons. The molecule has 0 spiro atoms. The van der Waals surface area contributed by atoms with Gasteiger partial charge >= 0.3 is 0 Å². The smallest absolute Gasteiger partial charge is 0.0678 e. The van der Waals surface area contributed by atoms with Crippen molar-refractivity contribution in [1.82, 2.24) is 0 Å². The predicted octanol–water partition coefficient (Wildman–Crippen LogP) is 2.23. The second-order valence-corrected chi connectivity index (χ2v) is 3.85. The fraction of sp³-hybridized carbons (Fsp3) is 0. The van der Waals surface area contributed by atoms with Crippen LogP contribution in [-0.2, 0) is 0 Å². The molecule has 4 heavy (non-hydrogen) atoms. The van der Waals surface area contributed by atoms with Crippen LogP contribution in [0.15, 0.2) is 0 Å². The minimum absolute atomic E-state index is 1.54. The summed E-state index contributed by atoms with van der Waals surface area (Å²) in [4.78, 5) is 0. The van der Waals surface area contributed by atoms with Crippen molar-refractivity contribution in [3.63, 3.8) is 0 Å². The Hall–Kier alpha value is 1.01. The van der Waals surface area contributed by atoms with Gasteiger partial charge in [-0.1, -0.05) is 9.83 Å². The molecule has 0 N–H and O–H groups in total. The molecule has 0 unspecified atom stereocenters. The Morgan fingerprint density at radius 2 is 1.50 bits per heavy atom. The van der Waals surface area contributed by atoms with Crippen LogP contribution in [0.4, 0.5) is 0 Å². The molecule has 0 aromatic heterocycles. The van der Waals surface area contributed by atoms with E-state index in [-0.39, 0.29) is 0 Å². The number of rotatable bonds is 0. The molecular formula is NS3-. The van der Waals surface area contributed by atoms with E-state index in [1.165, 1.54) is 0 Å². The average molecular weight is 110 g/mol. The van der Waals surface area contributed by atoms with Gasteiger partial charge in [0.15, 0.2) is 0 Å². The molecule has 0 aromatic rings. The largest absolute Gasteiger partial charge is 0.530 e. The number of nitrogens with zero attached hydrogens (tertiary/aromatic N) is 1. The van der Waals surface area contributed by atoms with E-state index in [1.807, 2.05) is 0 Å². The first-order valence-electron chi connectivity index (χ1n) is 0.698. The first kappa shape index (κ1) is 3.21. The summed E-state index contributed by atoms with van der Waals surface area (Å²) in [6, 6.07) is 0. The summed E-state index contributed by atoms with van der Waals surface area (Å²) in [6.07, 6.45) is 0. The second-order valence-electron chi connectivity index (χ2n) is 0.292. The van der Waals surface area contributed by atoms with E-state index in [2.05, 4.69) is 4.13 Å². The zero-order chi connectivity index (χ0) is 2.83. The third-order valence-corrected chi connectivity index (χ3v) is 3.29. The van der Waals surface area contributed by atoms with Crippen LogP contribution in [0.3, 0.4) is 0 Å². The lowest BCUT2D eigenvalue weighted by atomic mass is 13.9. The molecule has 1 rings (SSSR count). The molecule has 0 bridgehead atoms. The molecule has 24 valence electrons. The Bertz CT molecular complexity index is 11.2. The molecule has 0 atom stereocenters. The van der Waals surface area contributed by atoms with Crippen molar-refractivity contribution in [3.8, 4) is 0 Å². The van der Waals surface area contributed by atoms with Crippen LogP contribution in [0.1, 0.15) is 0 Å². The zero-order valence-corrected chi connectivity index (χ0v) is 4.12. The Morgan fingerprint density at radius 3 is 1.50 bits per heavy atom. The molecule has 4 heteroatoms. The highest BCUT2D eigenvalue weighted by molar-refractivity contribution is 9.19. The maximum atomic E-state index is 3.71. The lowest BCUT2D eigenvalue weighted by Crippen LogP contribution is -1.45. The van der Waals surface area contributed by atoms with Crippen molar-refractivity contribution in [2.24, 2.45) is 0 Å². The quantitative estimate of drug-likeness (QED) is 0.351. The van der Waals surface area contributed by atoms with Gasteiger partial charge in [0.1, 0.15) is 0 Å². The Balaban J connectivity index is 2.00. The van der Waals surface area contributed by atoms with Gasteiger partial charge in [0.25, 0.3) is 0 Å². The van der Waals surface area contributed by atoms with Crippen LogP contribution < -0.4 is 0 Å². The van der Waals surface area contributed by atoms with E-state index in [0.717, 1.165) is 0 Å². The molecule has 1 aliphatic rings. The van der Waals surface area contributed by atoms with E-state index in [0.29, 0.717) is 0 Å². The van der Waals surface area contributed by atoms with Crippen molar-refractivity contribution in [1.29, 1.82) is 0 Å². The Morgan fingerprint density at radius 1 is 1.25 bits per heavy atom. The van der Waals surface area contributed by atoms with Crippen LogP contribution in [0, 0.1) is 0 Å². The molecule has 1 fully saturated rings. The topological polar surface area (TPSA) is 14.1 Å². The van der Waals surface area contributed by atoms with Crippen LogP contribution >= 0.6 is 31.8 Å². The first-order chi connectivity index (χ1) is 2.00. The van der Waals surface area contributed by atoms with Gasteiger partial charge in [0.2, 0.25) is 0 Å². The highest BCUT2D eigenvalue weighted by Crippen LogP contribution is 2.57. The van der Waals surface area contributed by atoms with Crippen molar-refractivity contribution in [2.45, 2.75) is 0 Å². The van der Waals surface area contributed by atoms with E-state index in [1.54, 1.807) is 31.8 Å². The Labute approximate surface area is 36.4 Å². The van der Waals surface area contributed by atoms with Gasteiger partial charge in [-0.3, -0.25) is 0 Å². The summed E-state index contributed by atoms with van der Waals surface area (Å²) < 4.78 is 3.71. The molecule has 0 aromatic carbocycles. The highest BCUT2D eigenvalue weighted by atomic mass is 33.5. The van der Waals surface area contributed by atoms with Crippen molar-refractivity contribution in [3.05, 3.63) is 4.13 Å². The molecule has 0 amide bonds. The van der Waals surface area contributed by atoms with Gasteiger partial charge in [-0.25, -0.2) is 22.0 Å². The summed E-state index contributed by atoms with van der Waals surface area (Å²) in [6.45, 7) is 0. The second kappa shape index (κ2) is 1.45. The Kier molecular flexibility index (Phi) is 1.16. The van der Waals surface area contributed by atoms with E-state index in [4.69, 9.17) is 0 Å². The number of hydrogen-bond donors (Lipinski definition) is 0. The standard InChI is InChI=1S/NS3/c1-2-4-3-1/q-1. The third kappa shape index (κ3) is 0.484. The third-order valence-electron chi connectivity index (χ3n) is 0.122. The van der Waals surface area contributed by atoms with Gasteiger partial charge in [0, 0.05) is 0 Å². The van der Waals surface area contributed by atoms with Crippen LogP contribution in [0.5, 0.6) is 0 Å². The molecule has 1 nitrogen and oxygen atoms in total. The predicted molar refractivity (Wildman–Crippen MR) is 26.1 cm³/mol. The molecule has 1 heterocycles. The van der Waals surface area contributed by atoms with Crippen molar-refractivity contribution < 1.29 is 0 Å². The lowest BCUT2D eigenvalue weighted by molar-refractivity contribution is 2.89. The summed E-state index contributed by atoms with van der Waals surface area (Å²) in [5.74, 6) is 0. The first-order valence-corrected chi connectivity index (χ1v) is 4.10. The highest BCUT2D eigenvalue weighted by Gasteiger charge is 1.76. The van der Waals surface area contributed by atoms with Crippen molar-refractivity contribution >= 4 is 31.8 Å². The molecule has 0 saturated carbocycles. The van der Waals surface area contributed by atoms with E-state index >= 15 is 0 Å². The minimum Gasteiger partial charge on any atom is -0.530 e. The van der Waals surface area contributed by atoms with Crippen molar-refractivity contribution in [2.75, 3.05) is 0 Å². The summed E-state index contributed by atoms with van der Waals surface area (Å²) >= 11 is 0. The maximum absolute atomic E-state index is 3.71. The van der Waals surface area contributed by atoms with Gasteiger partial charge in [0.05, 0.1) is 0 Å². The maximum Gasteiger partial charge on any atom is -0.0678 e. The zero-order valence-electron chi connectivity index (χ0n) is 1.67.